The summed E-state index contributed by atoms with van der Waals surface area (Å²) in [6.45, 7) is 1.70. The maximum absolute atomic E-state index is 13.9. The molecule has 3 N–H and O–H groups in total. The van der Waals surface area contributed by atoms with Crippen LogP contribution in [0.1, 0.15) is 23.2 Å². The lowest BCUT2D eigenvalue weighted by Crippen LogP contribution is -2.39. The van der Waals surface area contributed by atoms with E-state index in [1.165, 1.54) is 6.07 Å². The molecule has 1 atom stereocenters. The molecule has 1 heterocycles. The third-order valence-electron chi connectivity index (χ3n) is 3.49. The number of anilines is 1. The number of nitrogens with two attached hydrogens (primary N) is 1. The van der Waals surface area contributed by atoms with Crippen LogP contribution in [-0.2, 0) is 0 Å². The predicted molar refractivity (Wildman–Crippen MR) is 67.3 cm³/mol. The summed E-state index contributed by atoms with van der Waals surface area (Å²) in [5.74, 6) is -3.62. The second kappa shape index (κ2) is 5.52. The molecule has 1 aromatic carbocycles. The Morgan fingerprint density at radius 2 is 2.16 bits per heavy atom. The van der Waals surface area contributed by atoms with E-state index in [0.717, 1.165) is 18.9 Å². The van der Waals surface area contributed by atoms with Gasteiger partial charge in [0, 0.05) is 13.1 Å². The predicted octanol–water partition coefficient (Wildman–Crippen LogP) is 1.84. The van der Waals surface area contributed by atoms with Crippen LogP contribution in [0.25, 0.3) is 0 Å². The Labute approximate surface area is 109 Å². The highest BCUT2D eigenvalue weighted by Crippen LogP contribution is 2.28. The van der Waals surface area contributed by atoms with Gasteiger partial charge in [-0.15, -0.1) is 0 Å². The minimum absolute atomic E-state index is 0.112. The fourth-order valence-corrected chi connectivity index (χ4v) is 2.42. The number of piperidine rings is 1. The van der Waals surface area contributed by atoms with Crippen LogP contribution in [-0.4, -0.2) is 30.7 Å². The van der Waals surface area contributed by atoms with Crippen molar-refractivity contribution in [3.05, 3.63) is 29.3 Å². The molecule has 1 aliphatic heterocycles. The summed E-state index contributed by atoms with van der Waals surface area (Å²) >= 11 is 0. The summed E-state index contributed by atoms with van der Waals surface area (Å²) in [7, 11) is 0. The van der Waals surface area contributed by atoms with E-state index in [2.05, 4.69) is 0 Å². The van der Waals surface area contributed by atoms with E-state index in [1.54, 1.807) is 4.90 Å². The van der Waals surface area contributed by atoms with Gasteiger partial charge in [-0.25, -0.2) is 13.6 Å². The van der Waals surface area contributed by atoms with Gasteiger partial charge in [0.1, 0.15) is 0 Å². The molecule has 1 unspecified atom stereocenters. The van der Waals surface area contributed by atoms with Crippen LogP contribution in [0.3, 0.4) is 0 Å². The van der Waals surface area contributed by atoms with Crippen LogP contribution in [0.15, 0.2) is 12.1 Å². The summed E-state index contributed by atoms with van der Waals surface area (Å²) in [6, 6.07) is 2.42. The van der Waals surface area contributed by atoms with Crippen molar-refractivity contribution in [3.63, 3.8) is 0 Å². The third kappa shape index (κ3) is 2.68. The first-order valence-corrected chi connectivity index (χ1v) is 6.21. The Kier molecular flexibility index (Phi) is 3.99. The number of carboxylic acids is 1. The second-order valence-corrected chi connectivity index (χ2v) is 4.76. The van der Waals surface area contributed by atoms with Crippen LogP contribution >= 0.6 is 0 Å². The molecule has 0 saturated carbocycles. The van der Waals surface area contributed by atoms with Gasteiger partial charge in [-0.3, -0.25) is 0 Å². The minimum atomic E-state index is -1.47. The van der Waals surface area contributed by atoms with Crippen molar-refractivity contribution in [2.24, 2.45) is 11.7 Å². The molecule has 1 aliphatic rings. The fourth-order valence-electron chi connectivity index (χ4n) is 2.42. The SMILES string of the molecule is NCC1CCCN(c2ccc(C(=O)O)c(F)c2F)C1. The van der Waals surface area contributed by atoms with Crippen molar-refractivity contribution in [2.45, 2.75) is 12.8 Å². The van der Waals surface area contributed by atoms with Crippen LogP contribution < -0.4 is 10.6 Å². The van der Waals surface area contributed by atoms with Gasteiger partial charge in [0.15, 0.2) is 11.6 Å². The molecule has 0 aliphatic carbocycles. The number of hydrogen-bond donors (Lipinski definition) is 2. The van der Waals surface area contributed by atoms with Gasteiger partial charge in [-0.2, -0.15) is 0 Å². The molecule has 0 amide bonds. The van der Waals surface area contributed by atoms with Gasteiger partial charge in [-0.1, -0.05) is 0 Å². The van der Waals surface area contributed by atoms with Crippen LogP contribution in [0, 0.1) is 17.6 Å². The number of benzene rings is 1. The van der Waals surface area contributed by atoms with Gasteiger partial charge in [0.25, 0.3) is 0 Å². The van der Waals surface area contributed by atoms with Crippen molar-refractivity contribution in [2.75, 3.05) is 24.5 Å². The number of nitrogens with zero attached hydrogens (tertiary/aromatic N) is 1. The lowest BCUT2D eigenvalue weighted by molar-refractivity contribution is 0.0690. The zero-order valence-corrected chi connectivity index (χ0v) is 10.4. The zero-order valence-electron chi connectivity index (χ0n) is 10.4. The molecular formula is C13H16F2N2O2. The normalized spacial score (nSPS) is 19.5. The van der Waals surface area contributed by atoms with Crippen molar-refractivity contribution in [3.8, 4) is 0 Å². The summed E-state index contributed by atoms with van der Waals surface area (Å²) < 4.78 is 27.6. The topological polar surface area (TPSA) is 66.6 Å². The number of hydrogen-bond acceptors (Lipinski definition) is 3. The molecule has 1 aromatic rings. The van der Waals surface area contributed by atoms with E-state index in [9.17, 15) is 13.6 Å². The van der Waals surface area contributed by atoms with E-state index in [1.807, 2.05) is 0 Å². The van der Waals surface area contributed by atoms with Gasteiger partial charge in [0.05, 0.1) is 11.3 Å². The highest BCUT2D eigenvalue weighted by Gasteiger charge is 2.25. The van der Waals surface area contributed by atoms with Crippen LogP contribution in [0.5, 0.6) is 0 Å². The zero-order chi connectivity index (χ0) is 14.0. The van der Waals surface area contributed by atoms with Gasteiger partial charge >= 0.3 is 5.97 Å². The molecular weight excluding hydrogens is 254 g/mol. The smallest absolute Gasteiger partial charge is 0.338 e. The van der Waals surface area contributed by atoms with Gasteiger partial charge in [-0.05, 0) is 37.4 Å². The number of carbonyl (C=O) groups is 1. The minimum Gasteiger partial charge on any atom is -0.478 e. The molecule has 1 fully saturated rings. The average molecular weight is 270 g/mol. The van der Waals surface area contributed by atoms with E-state index in [0.29, 0.717) is 19.6 Å². The summed E-state index contributed by atoms with van der Waals surface area (Å²) in [5, 5.41) is 8.73. The quantitative estimate of drug-likeness (QED) is 0.879. The first-order valence-electron chi connectivity index (χ1n) is 6.21. The largest absolute Gasteiger partial charge is 0.478 e. The molecule has 0 aromatic heterocycles. The Hall–Kier alpha value is -1.69. The standard InChI is InChI=1S/C13H16F2N2O2/c14-11-9(13(18)19)3-4-10(12(11)15)17-5-1-2-8(6-16)7-17/h3-4,8H,1-2,5-7,16H2,(H,18,19). The maximum Gasteiger partial charge on any atom is 0.338 e. The molecule has 4 nitrogen and oxygen atoms in total. The average Bonchev–Trinajstić information content (AvgIpc) is 2.41. The Balaban J connectivity index is 2.30. The van der Waals surface area contributed by atoms with Crippen molar-refractivity contribution >= 4 is 11.7 Å². The summed E-state index contributed by atoms with van der Waals surface area (Å²) in [6.07, 6.45) is 1.84. The maximum atomic E-state index is 13.9. The number of aromatic carboxylic acids is 1. The molecule has 0 bridgehead atoms. The van der Waals surface area contributed by atoms with Gasteiger partial charge < -0.3 is 15.7 Å². The lowest BCUT2D eigenvalue weighted by Gasteiger charge is -2.34. The van der Waals surface area contributed by atoms with E-state index >= 15 is 0 Å². The first-order chi connectivity index (χ1) is 9.04. The molecule has 6 heteroatoms. The number of rotatable bonds is 3. The molecule has 2 rings (SSSR count). The van der Waals surface area contributed by atoms with Crippen LogP contribution in [0.2, 0.25) is 0 Å². The van der Waals surface area contributed by atoms with Crippen molar-refractivity contribution in [1.82, 2.24) is 0 Å². The summed E-state index contributed by atoms with van der Waals surface area (Å²) in [4.78, 5) is 12.5. The van der Waals surface area contributed by atoms with Crippen molar-refractivity contribution < 1.29 is 18.7 Å². The summed E-state index contributed by atoms with van der Waals surface area (Å²) in [5.41, 5.74) is 5.07. The Morgan fingerprint density at radius 3 is 2.79 bits per heavy atom. The first kappa shape index (κ1) is 13.7. The van der Waals surface area contributed by atoms with E-state index < -0.39 is 23.2 Å². The molecule has 0 spiro atoms. The van der Waals surface area contributed by atoms with Gasteiger partial charge in [0.2, 0.25) is 0 Å². The third-order valence-corrected chi connectivity index (χ3v) is 3.49. The second-order valence-electron chi connectivity index (χ2n) is 4.76. The highest BCUT2D eigenvalue weighted by atomic mass is 19.2. The monoisotopic (exact) mass is 270 g/mol. The Bertz CT molecular complexity index is 494. The Morgan fingerprint density at radius 1 is 1.42 bits per heavy atom. The van der Waals surface area contributed by atoms with Crippen molar-refractivity contribution in [1.29, 1.82) is 0 Å². The molecule has 1 saturated heterocycles. The lowest BCUT2D eigenvalue weighted by atomic mass is 9.97. The number of halogens is 2. The van der Waals surface area contributed by atoms with Crippen LogP contribution in [0.4, 0.5) is 14.5 Å². The molecule has 0 radical (unpaired) electrons. The highest BCUT2D eigenvalue weighted by molar-refractivity contribution is 5.88. The molecule has 104 valence electrons. The fraction of sp³-hybridized carbons (Fsp3) is 0.462. The molecule has 19 heavy (non-hydrogen) atoms. The van der Waals surface area contributed by atoms with E-state index in [-0.39, 0.29) is 11.6 Å². The number of carboxylic acid groups (broad SMARTS) is 1. The van der Waals surface area contributed by atoms with E-state index in [4.69, 9.17) is 10.8 Å².